The minimum atomic E-state index is 0. The second-order valence-corrected chi connectivity index (χ2v) is 8.69. The van der Waals surface area contributed by atoms with Crippen LogP contribution in [0.3, 0.4) is 0 Å². The van der Waals surface area contributed by atoms with E-state index in [0.717, 1.165) is 17.8 Å². The monoisotopic (exact) mass is 442 g/mol. The van der Waals surface area contributed by atoms with Crippen LogP contribution in [-0.4, -0.2) is 9.55 Å². The first-order chi connectivity index (χ1) is 14.9. The number of aromatic nitrogens is 2. The molecule has 0 bridgehead atoms. The molecule has 32 heavy (non-hydrogen) atoms. The summed E-state index contributed by atoms with van der Waals surface area (Å²) in [7, 11) is 0. The Hall–Kier alpha value is -3.10. The van der Waals surface area contributed by atoms with Gasteiger partial charge in [-0.2, -0.15) is 0 Å². The van der Waals surface area contributed by atoms with E-state index in [4.69, 9.17) is 0 Å². The summed E-state index contributed by atoms with van der Waals surface area (Å²) in [4.78, 5) is 4.48. The fourth-order valence-electron chi connectivity index (χ4n) is 4.59. The minimum absolute atomic E-state index is 0. The fourth-order valence-corrected chi connectivity index (χ4v) is 4.59. The molecular formula is C29H31ClN2. The van der Waals surface area contributed by atoms with Crippen LogP contribution in [-0.2, 0) is 6.54 Å². The summed E-state index contributed by atoms with van der Waals surface area (Å²) in [5, 5.41) is 0. The van der Waals surface area contributed by atoms with Gasteiger partial charge in [-0.3, -0.25) is 0 Å². The summed E-state index contributed by atoms with van der Waals surface area (Å²) >= 11 is 0. The summed E-state index contributed by atoms with van der Waals surface area (Å²) in [6.45, 7) is 14.0. The highest BCUT2D eigenvalue weighted by molar-refractivity contribution is 5.85. The van der Waals surface area contributed by atoms with Crippen molar-refractivity contribution in [2.24, 2.45) is 0 Å². The van der Waals surface area contributed by atoms with Crippen LogP contribution in [0.5, 0.6) is 0 Å². The number of halogens is 1. The number of nitrogens with zero attached hydrogens (tertiary/aromatic N) is 2. The standard InChI is InChI=1S/C29H30N2.ClH/c1-20-11-21(2)14-26(13-20)29(27-15-22(3)12-23(4)16-27)24(5)28-17-30-19-31(28)18-25-9-7-6-8-10-25;/h6-17,19,29H,5,18H2,1-4H3;1H. The van der Waals surface area contributed by atoms with Gasteiger partial charge in [0.2, 0.25) is 0 Å². The van der Waals surface area contributed by atoms with Gasteiger partial charge in [0.1, 0.15) is 0 Å². The van der Waals surface area contributed by atoms with E-state index in [1.165, 1.54) is 38.9 Å². The number of allylic oxidation sites excluding steroid dienone is 1. The zero-order valence-corrected chi connectivity index (χ0v) is 20.1. The Morgan fingerprint density at radius 2 is 1.31 bits per heavy atom. The SMILES string of the molecule is C=C(c1cncn1Cc1ccccc1)C(c1cc(C)cc(C)c1)c1cc(C)cc(C)c1.Cl. The number of hydrogen-bond donors (Lipinski definition) is 0. The van der Waals surface area contributed by atoms with Gasteiger partial charge in [-0.25, -0.2) is 4.98 Å². The average molecular weight is 443 g/mol. The third kappa shape index (κ3) is 5.20. The number of aryl methyl sites for hydroxylation is 4. The minimum Gasteiger partial charge on any atom is -0.326 e. The summed E-state index contributed by atoms with van der Waals surface area (Å²) in [5.41, 5.74) is 11.1. The third-order valence-corrected chi connectivity index (χ3v) is 5.74. The Balaban J connectivity index is 0.00000289. The number of benzene rings is 3. The van der Waals surface area contributed by atoms with Gasteiger partial charge in [-0.15, -0.1) is 12.4 Å². The molecule has 0 amide bonds. The highest BCUT2D eigenvalue weighted by Gasteiger charge is 2.22. The molecule has 2 nitrogen and oxygen atoms in total. The van der Waals surface area contributed by atoms with Crippen LogP contribution in [0, 0.1) is 27.7 Å². The van der Waals surface area contributed by atoms with E-state index in [1.54, 1.807) is 0 Å². The Morgan fingerprint density at radius 3 is 1.81 bits per heavy atom. The fraction of sp³-hybridized carbons (Fsp3) is 0.207. The Labute approximate surface area is 198 Å². The van der Waals surface area contributed by atoms with E-state index in [1.807, 2.05) is 18.6 Å². The number of hydrogen-bond acceptors (Lipinski definition) is 1. The zero-order valence-electron chi connectivity index (χ0n) is 19.3. The van der Waals surface area contributed by atoms with Crippen molar-refractivity contribution in [2.45, 2.75) is 40.2 Å². The predicted octanol–water partition coefficient (Wildman–Crippen LogP) is 7.43. The Bertz CT molecular complexity index is 1130. The molecule has 1 heterocycles. The molecule has 0 aliphatic heterocycles. The van der Waals surface area contributed by atoms with Gasteiger partial charge in [0.15, 0.2) is 0 Å². The summed E-state index contributed by atoms with van der Waals surface area (Å²) in [5.74, 6) is 0.0726. The summed E-state index contributed by atoms with van der Waals surface area (Å²) in [6.07, 6.45) is 3.86. The number of imidazole rings is 1. The van der Waals surface area contributed by atoms with Crippen molar-refractivity contribution in [3.63, 3.8) is 0 Å². The van der Waals surface area contributed by atoms with Crippen molar-refractivity contribution in [3.05, 3.63) is 130 Å². The molecule has 0 unspecified atom stereocenters. The highest BCUT2D eigenvalue weighted by atomic mass is 35.5. The molecule has 0 aliphatic carbocycles. The summed E-state index contributed by atoms with van der Waals surface area (Å²) in [6, 6.07) is 24.1. The lowest BCUT2D eigenvalue weighted by atomic mass is 9.82. The van der Waals surface area contributed by atoms with Gasteiger partial charge in [0.25, 0.3) is 0 Å². The van der Waals surface area contributed by atoms with E-state index >= 15 is 0 Å². The lowest BCUT2D eigenvalue weighted by molar-refractivity contribution is 0.780. The molecule has 0 fully saturated rings. The molecule has 164 valence electrons. The van der Waals surface area contributed by atoms with Crippen LogP contribution in [0.25, 0.3) is 5.57 Å². The second kappa shape index (κ2) is 10.0. The lowest BCUT2D eigenvalue weighted by Gasteiger charge is -2.24. The van der Waals surface area contributed by atoms with E-state index in [9.17, 15) is 0 Å². The molecule has 0 spiro atoms. The molecule has 0 atom stereocenters. The van der Waals surface area contributed by atoms with Gasteiger partial charge < -0.3 is 4.57 Å². The van der Waals surface area contributed by atoms with Gasteiger partial charge in [0.05, 0.1) is 18.2 Å². The van der Waals surface area contributed by atoms with Crippen molar-refractivity contribution < 1.29 is 0 Å². The van der Waals surface area contributed by atoms with Gasteiger partial charge in [-0.1, -0.05) is 95.6 Å². The largest absolute Gasteiger partial charge is 0.326 e. The smallest absolute Gasteiger partial charge is 0.0954 e. The molecule has 1 aromatic heterocycles. The maximum absolute atomic E-state index is 4.61. The molecule has 3 heteroatoms. The molecule has 0 saturated heterocycles. The van der Waals surface area contributed by atoms with E-state index in [2.05, 4.69) is 104 Å². The maximum Gasteiger partial charge on any atom is 0.0954 e. The average Bonchev–Trinajstić information content (AvgIpc) is 3.15. The van der Waals surface area contributed by atoms with Crippen molar-refractivity contribution in [2.75, 3.05) is 0 Å². The van der Waals surface area contributed by atoms with Crippen LogP contribution >= 0.6 is 12.4 Å². The van der Waals surface area contributed by atoms with Crippen LogP contribution in [0.1, 0.15) is 50.6 Å². The zero-order chi connectivity index (χ0) is 22.0. The van der Waals surface area contributed by atoms with Crippen LogP contribution < -0.4 is 0 Å². The van der Waals surface area contributed by atoms with Crippen LogP contribution in [0.15, 0.2) is 85.8 Å². The van der Waals surface area contributed by atoms with E-state index < -0.39 is 0 Å². The van der Waals surface area contributed by atoms with Gasteiger partial charge >= 0.3 is 0 Å². The van der Waals surface area contributed by atoms with Crippen molar-refractivity contribution >= 4 is 18.0 Å². The van der Waals surface area contributed by atoms with Crippen LogP contribution in [0.4, 0.5) is 0 Å². The first-order valence-corrected chi connectivity index (χ1v) is 10.8. The molecule has 3 aromatic carbocycles. The van der Waals surface area contributed by atoms with Gasteiger partial charge in [0, 0.05) is 12.5 Å². The lowest BCUT2D eigenvalue weighted by Crippen LogP contribution is -2.10. The van der Waals surface area contributed by atoms with E-state index in [-0.39, 0.29) is 18.3 Å². The molecule has 4 rings (SSSR count). The summed E-state index contributed by atoms with van der Waals surface area (Å²) < 4.78 is 2.20. The molecule has 0 radical (unpaired) electrons. The van der Waals surface area contributed by atoms with Crippen molar-refractivity contribution in [3.8, 4) is 0 Å². The van der Waals surface area contributed by atoms with Crippen LogP contribution in [0.2, 0.25) is 0 Å². The first-order valence-electron chi connectivity index (χ1n) is 10.8. The molecule has 0 aliphatic rings. The highest BCUT2D eigenvalue weighted by Crippen LogP contribution is 2.38. The second-order valence-electron chi connectivity index (χ2n) is 8.69. The maximum atomic E-state index is 4.61. The molecule has 0 N–H and O–H groups in total. The predicted molar refractivity (Wildman–Crippen MR) is 138 cm³/mol. The molecular weight excluding hydrogens is 412 g/mol. The topological polar surface area (TPSA) is 17.8 Å². The normalized spacial score (nSPS) is 10.8. The molecule has 4 aromatic rings. The van der Waals surface area contributed by atoms with Crippen molar-refractivity contribution in [1.82, 2.24) is 9.55 Å². The van der Waals surface area contributed by atoms with E-state index in [0.29, 0.717) is 0 Å². The van der Waals surface area contributed by atoms with Gasteiger partial charge in [-0.05, 0) is 50.0 Å². The quantitative estimate of drug-likeness (QED) is 0.303. The Morgan fingerprint density at radius 1 is 0.812 bits per heavy atom. The Kier molecular flexibility index (Phi) is 7.37. The van der Waals surface area contributed by atoms with Crippen molar-refractivity contribution in [1.29, 1.82) is 0 Å². The number of rotatable bonds is 6. The third-order valence-electron chi connectivity index (χ3n) is 5.74. The molecule has 0 saturated carbocycles. The first kappa shape index (κ1) is 23.6.